The fourth-order valence-electron chi connectivity index (χ4n) is 2.32. The second-order valence-electron chi connectivity index (χ2n) is 4.92. The monoisotopic (exact) mass is 322 g/mol. The van der Waals surface area contributed by atoms with Crippen LogP contribution in [0.15, 0.2) is 66.7 Å². The third-order valence-electron chi connectivity index (χ3n) is 3.43. The van der Waals surface area contributed by atoms with Crippen molar-refractivity contribution in [2.75, 3.05) is 7.11 Å². The lowest BCUT2D eigenvalue weighted by atomic mass is 10.1. The molecule has 0 aliphatic heterocycles. The summed E-state index contributed by atoms with van der Waals surface area (Å²) in [6, 6.07) is 19.2. The van der Waals surface area contributed by atoms with E-state index in [-0.39, 0.29) is 11.3 Å². The molecule has 0 saturated heterocycles. The minimum absolute atomic E-state index is 0.0783. The highest BCUT2D eigenvalue weighted by Gasteiger charge is 2.17. The summed E-state index contributed by atoms with van der Waals surface area (Å²) >= 11 is 0. The molecule has 0 heterocycles. The Balaban J connectivity index is 1.83. The van der Waals surface area contributed by atoms with Crippen LogP contribution in [0.25, 0.3) is 10.8 Å². The van der Waals surface area contributed by atoms with Crippen molar-refractivity contribution in [1.82, 2.24) is 0 Å². The number of hydrogen-bond acceptors (Lipinski definition) is 5. The van der Waals surface area contributed by atoms with E-state index in [2.05, 4.69) is 4.74 Å². The van der Waals surface area contributed by atoms with E-state index < -0.39 is 12.1 Å². The Hall–Kier alpha value is -3.34. The summed E-state index contributed by atoms with van der Waals surface area (Å²) in [7, 11) is 1.26. The van der Waals surface area contributed by atoms with Gasteiger partial charge in [-0.3, -0.25) is 0 Å². The summed E-state index contributed by atoms with van der Waals surface area (Å²) in [5.41, 5.74) is 0.148. The van der Waals surface area contributed by atoms with E-state index in [1.807, 2.05) is 30.3 Å². The molecular formula is C19H14O5. The van der Waals surface area contributed by atoms with Crippen molar-refractivity contribution in [3.05, 3.63) is 72.3 Å². The van der Waals surface area contributed by atoms with Crippen LogP contribution in [0.3, 0.4) is 0 Å². The number of ether oxygens (including phenoxy) is 3. The lowest BCUT2D eigenvalue weighted by Gasteiger charge is -2.10. The first-order valence-corrected chi connectivity index (χ1v) is 7.24. The fraction of sp³-hybridized carbons (Fsp3) is 0.0526. The molecule has 0 aliphatic rings. The number of carbonyl (C=O) groups is 2. The van der Waals surface area contributed by atoms with Gasteiger partial charge in [0.1, 0.15) is 17.1 Å². The predicted molar refractivity (Wildman–Crippen MR) is 88.4 cm³/mol. The van der Waals surface area contributed by atoms with E-state index in [0.717, 1.165) is 10.8 Å². The van der Waals surface area contributed by atoms with Crippen molar-refractivity contribution in [1.29, 1.82) is 0 Å². The normalized spacial score (nSPS) is 10.2. The van der Waals surface area contributed by atoms with Crippen LogP contribution in [-0.4, -0.2) is 19.2 Å². The van der Waals surface area contributed by atoms with Gasteiger partial charge in [0, 0.05) is 5.39 Å². The molecule has 0 fully saturated rings. The van der Waals surface area contributed by atoms with Crippen molar-refractivity contribution in [3.63, 3.8) is 0 Å². The standard InChI is InChI=1S/C19H14O5/c1-22-18(20)15-10-4-5-11-17(15)24-19(21)23-16-12-6-8-13-7-2-3-9-14(13)16/h2-12H,1H3. The zero-order valence-corrected chi connectivity index (χ0v) is 12.9. The zero-order valence-electron chi connectivity index (χ0n) is 12.9. The minimum atomic E-state index is -0.928. The molecule has 0 radical (unpaired) electrons. The smallest absolute Gasteiger partial charge is 0.465 e. The summed E-state index contributed by atoms with van der Waals surface area (Å²) in [5.74, 6) is -0.133. The van der Waals surface area contributed by atoms with E-state index in [0.29, 0.717) is 5.75 Å². The SMILES string of the molecule is COC(=O)c1ccccc1OC(=O)Oc1cccc2ccccc12. The molecule has 3 aromatic rings. The second-order valence-corrected chi connectivity index (χ2v) is 4.92. The van der Waals surface area contributed by atoms with Gasteiger partial charge >= 0.3 is 12.1 Å². The Morgan fingerprint density at radius 3 is 2.21 bits per heavy atom. The molecule has 0 N–H and O–H groups in total. The maximum Gasteiger partial charge on any atom is 0.519 e. The summed E-state index contributed by atoms with van der Waals surface area (Å²) < 4.78 is 15.1. The summed E-state index contributed by atoms with van der Waals surface area (Å²) in [4.78, 5) is 23.8. The van der Waals surface area contributed by atoms with Crippen LogP contribution in [0.1, 0.15) is 10.4 Å². The highest BCUT2D eigenvalue weighted by Crippen LogP contribution is 2.26. The quantitative estimate of drug-likeness (QED) is 0.534. The number of rotatable bonds is 3. The van der Waals surface area contributed by atoms with Gasteiger partial charge in [-0.2, -0.15) is 0 Å². The number of esters is 1. The number of fused-ring (bicyclic) bond motifs is 1. The molecule has 3 aromatic carbocycles. The van der Waals surface area contributed by atoms with Crippen LogP contribution in [0, 0.1) is 0 Å². The maximum atomic E-state index is 12.1. The van der Waals surface area contributed by atoms with Crippen molar-refractivity contribution in [2.45, 2.75) is 0 Å². The van der Waals surface area contributed by atoms with Crippen molar-refractivity contribution < 1.29 is 23.8 Å². The summed E-state index contributed by atoms with van der Waals surface area (Å²) in [6.07, 6.45) is -0.928. The number of carbonyl (C=O) groups excluding carboxylic acids is 2. The van der Waals surface area contributed by atoms with Crippen molar-refractivity contribution >= 4 is 22.9 Å². The molecule has 0 aromatic heterocycles. The summed E-state index contributed by atoms with van der Waals surface area (Å²) in [5, 5.41) is 1.73. The first-order chi connectivity index (χ1) is 11.7. The molecule has 0 aliphatic carbocycles. The van der Waals surface area contributed by atoms with Gasteiger partial charge in [-0.15, -0.1) is 0 Å². The molecule has 0 atom stereocenters. The van der Waals surface area contributed by atoms with Crippen molar-refractivity contribution in [2.24, 2.45) is 0 Å². The van der Waals surface area contributed by atoms with E-state index in [1.54, 1.807) is 24.3 Å². The molecule has 5 nitrogen and oxygen atoms in total. The number of hydrogen-bond donors (Lipinski definition) is 0. The average Bonchev–Trinajstić information content (AvgIpc) is 2.62. The van der Waals surface area contributed by atoms with Gasteiger partial charge in [-0.25, -0.2) is 9.59 Å². The Labute approximate surface area is 138 Å². The van der Waals surface area contributed by atoms with Gasteiger partial charge in [-0.1, -0.05) is 48.5 Å². The Kier molecular flexibility index (Phi) is 4.43. The molecule has 0 saturated carbocycles. The molecule has 0 bridgehead atoms. The molecule has 0 spiro atoms. The number of methoxy groups -OCH3 is 1. The minimum Gasteiger partial charge on any atom is -0.465 e. The number of benzene rings is 3. The molecule has 120 valence electrons. The Morgan fingerprint density at radius 1 is 0.750 bits per heavy atom. The zero-order chi connectivity index (χ0) is 16.9. The summed E-state index contributed by atoms with van der Waals surface area (Å²) in [6.45, 7) is 0. The topological polar surface area (TPSA) is 61.8 Å². The van der Waals surface area contributed by atoms with E-state index in [9.17, 15) is 9.59 Å². The van der Waals surface area contributed by atoms with Crippen LogP contribution in [0.2, 0.25) is 0 Å². The van der Waals surface area contributed by atoms with Crippen LogP contribution in [-0.2, 0) is 4.74 Å². The third-order valence-corrected chi connectivity index (χ3v) is 3.43. The lowest BCUT2D eigenvalue weighted by Crippen LogP contribution is -2.16. The van der Waals surface area contributed by atoms with E-state index in [1.165, 1.54) is 19.2 Å². The highest BCUT2D eigenvalue weighted by molar-refractivity contribution is 5.93. The van der Waals surface area contributed by atoms with Crippen LogP contribution < -0.4 is 9.47 Å². The van der Waals surface area contributed by atoms with Gasteiger partial charge in [-0.05, 0) is 23.6 Å². The van der Waals surface area contributed by atoms with E-state index >= 15 is 0 Å². The highest BCUT2D eigenvalue weighted by atomic mass is 16.7. The molecule has 3 rings (SSSR count). The van der Waals surface area contributed by atoms with Gasteiger partial charge in [0.15, 0.2) is 0 Å². The number of para-hydroxylation sites is 1. The molecule has 0 unspecified atom stereocenters. The third kappa shape index (κ3) is 3.20. The Bertz CT molecular complexity index is 896. The van der Waals surface area contributed by atoms with Gasteiger partial charge in [0.2, 0.25) is 0 Å². The Morgan fingerprint density at radius 2 is 1.38 bits per heavy atom. The molecule has 5 heteroatoms. The van der Waals surface area contributed by atoms with E-state index in [4.69, 9.17) is 9.47 Å². The van der Waals surface area contributed by atoms with Crippen LogP contribution in [0.4, 0.5) is 4.79 Å². The maximum absolute atomic E-state index is 12.1. The lowest BCUT2D eigenvalue weighted by molar-refractivity contribution is 0.0597. The molecule has 24 heavy (non-hydrogen) atoms. The average molecular weight is 322 g/mol. The van der Waals surface area contributed by atoms with Crippen molar-refractivity contribution in [3.8, 4) is 11.5 Å². The van der Waals surface area contributed by atoms with Crippen LogP contribution >= 0.6 is 0 Å². The first-order valence-electron chi connectivity index (χ1n) is 7.24. The first kappa shape index (κ1) is 15.6. The van der Waals surface area contributed by atoms with Crippen LogP contribution in [0.5, 0.6) is 11.5 Å². The van der Waals surface area contributed by atoms with Gasteiger partial charge in [0.25, 0.3) is 0 Å². The predicted octanol–water partition coefficient (Wildman–Crippen LogP) is 4.20. The molecule has 0 amide bonds. The molecular weight excluding hydrogens is 308 g/mol. The van der Waals surface area contributed by atoms with Gasteiger partial charge in [0.05, 0.1) is 7.11 Å². The second kappa shape index (κ2) is 6.83. The van der Waals surface area contributed by atoms with Gasteiger partial charge < -0.3 is 14.2 Å². The fourth-order valence-corrected chi connectivity index (χ4v) is 2.32. The largest absolute Gasteiger partial charge is 0.519 e.